The first-order chi connectivity index (χ1) is 19.1. The van der Waals surface area contributed by atoms with Crippen LogP contribution in [-0.4, -0.2) is 63.7 Å². The summed E-state index contributed by atoms with van der Waals surface area (Å²) in [5.41, 5.74) is 1.49. The van der Waals surface area contributed by atoms with Crippen LogP contribution >= 0.6 is 11.6 Å². The third-order valence-corrected chi connectivity index (χ3v) is 8.89. The maximum absolute atomic E-state index is 13.6. The minimum atomic E-state index is -3.62. The smallest absolute Gasteiger partial charge is 0.243 e. The molecule has 0 radical (unpaired) electrons. The van der Waals surface area contributed by atoms with Gasteiger partial charge in [-0.1, -0.05) is 68.1 Å². The van der Waals surface area contributed by atoms with Crippen LogP contribution in [-0.2, 0) is 26.0 Å². The SMILES string of the molecule is CCC(C(=O)NC1CCCCC1)N(CCc1ccccc1)C(=O)CCCN(c1ccc(OC)c(Cl)c1)S(C)(=O)=O. The summed E-state index contributed by atoms with van der Waals surface area (Å²) in [4.78, 5) is 28.7. The van der Waals surface area contributed by atoms with Gasteiger partial charge in [0.05, 0.1) is 24.1 Å². The maximum Gasteiger partial charge on any atom is 0.243 e. The molecule has 0 saturated heterocycles. The Kier molecular flexibility index (Phi) is 12.1. The molecule has 0 aliphatic heterocycles. The van der Waals surface area contributed by atoms with E-state index in [0.29, 0.717) is 35.8 Å². The number of rotatable bonds is 14. The molecular formula is C30H42ClN3O5S. The summed E-state index contributed by atoms with van der Waals surface area (Å²) in [5.74, 6) is 0.171. The second-order valence-corrected chi connectivity index (χ2v) is 12.7. The Bertz CT molecular complexity index is 1220. The van der Waals surface area contributed by atoms with Crippen molar-refractivity contribution in [3.63, 3.8) is 0 Å². The fraction of sp³-hybridized carbons (Fsp3) is 0.533. The molecule has 8 nitrogen and oxygen atoms in total. The fourth-order valence-corrected chi connectivity index (χ4v) is 6.46. The first-order valence-corrected chi connectivity index (χ1v) is 16.3. The lowest BCUT2D eigenvalue weighted by Crippen LogP contribution is -2.52. The molecule has 0 heterocycles. The Morgan fingerprint density at radius 3 is 2.38 bits per heavy atom. The van der Waals surface area contributed by atoms with Gasteiger partial charge in [-0.05, 0) is 55.9 Å². The van der Waals surface area contributed by atoms with Crippen LogP contribution in [0, 0.1) is 0 Å². The normalized spacial score (nSPS) is 14.8. The summed E-state index contributed by atoms with van der Waals surface area (Å²) in [6.07, 6.45) is 7.99. The Hall–Kier alpha value is -2.78. The average Bonchev–Trinajstić information content (AvgIpc) is 2.93. The molecule has 1 saturated carbocycles. The summed E-state index contributed by atoms with van der Waals surface area (Å²) >= 11 is 6.24. The second kappa shape index (κ2) is 15.3. The van der Waals surface area contributed by atoms with Crippen molar-refractivity contribution in [2.24, 2.45) is 0 Å². The van der Waals surface area contributed by atoms with Crippen LogP contribution in [0.25, 0.3) is 0 Å². The van der Waals surface area contributed by atoms with Crippen LogP contribution < -0.4 is 14.4 Å². The van der Waals surface area contributed by atoms with Gasteiger partial charge < -0.3 is 15.0 Å². The second-order valence-electron chi connectivity index (χ2n) is 10.3. The molecule has 0 bridgehead atoms. The molecule has 2 amide bonds. The molecule has 1 atom stereocenters. The molecule has 40 heavy (non-hydrogen) atoms. The number of ether oxygens (including phenoxy) is 1. The van der Waals surface area contributed by atoms with Crippen molar-refractivity contribution in [2.75, 3.05) is 30.8 Å². The Morgan fingerprint density at radius 1 is 1.07 bits per heavy atom. The highest BCUT2D eigenvalue weighted by Gasteiger charge is 2.30. The lowest BCUT2D eigenvalue weighted by atomic mass is 9.95. The highest BCUT2D eigenvalue weighted by Crippen LogP contribution is 2.30. The number of sulfonamides is 1. The summed E-state index contributed by atoms with van der Waals surface area (Å²) in [6.45, 7) is 2.43. The predicted molar refractivity (Wildman–Crippen MR) is 160 cm³/mol. The number of anilines is 1. The zero-order chi connectivity index (χ0) is 29.1. The van der Waals surface area contributed by atoms with Gasteiger partial charge in [0.25, 0.3) is 0 Å². The van der Waals surface area contributed by atoms with E-state index in [-0.39, 0.29) is 37.2 Å². The molecule has 0 spiro atoms. The summed E-state index contributed by atoms with van der Waals surface area (Å²) in [7, 11) is -2.14. The van der Waals surface area contributed by atoms with E-state index in [0.717, 1.165) is 37.5 Å². The van der Waals surface area contributed by atoms with Crippen molar-refractivity contribution in [1.82, 2.24) is 10.2 Å². The zero-order valence-electron chi connectivity index (χ0n) is 23.8. The van der Waals surface area contributed by atoms with Gasteiger partial charge in [0.2, 0.25) is 21.8 Å². The van der Waals surface area contributed by atoms with Crippen LogP contribution in [0.1, 0.15) is 63.9 Å². The van der Waals surface area contributed by atoms with E-state index in [9.17, 15) is 18.0 Å². The maximum atomic E-state index is 13.6. The molecule has 2 aromatic rings. The number of nitrogens with one attached hydrogen (secondary N) is 1. The molecule has 1 aliphatic carbocycles. The predicted octanol–water partition coefficient (Wildman–Crippen LogP) is 5.19. The van der Waals surface area contributed by atoms with Gasteiger partial charge in [0.1, 0.15) is 11.8 Å². The van der Waals surface area contributed by atoms with E-state index in [1.54, 1.807) is 17.0 Å². The van der Waals surface area contributed by atoms with E-state index >= 15 is 0 Å². The number of nitrogens with zero attached hydrogens (tertiary/aromatic N) is 2. The first kappa shape index (κ1) is 31.7. The number of amides is 2. The van der Waals surface area contributed by atoms with Crippen molar-refractivity contribution >= 4 is 39.1 Å². The van der Waals surface area contributed by atoms with Crippen molar-refractivity contribution in [2.45, 2.75) is 76.8 Å². The molecule has 1 N–H and O–H groups in total. The van der Waals surface area contributed by atoms with Gasteiger partial charge in [-0.15, -0.1) is 0 Å². The van der Waals surface area contributed by atoms with E-state index in [1.807, 2.05) is 37.3 Å². The Morgan fingerprint density at radius 2 is 1.77 bits per heavy atom. The average molecular weight is 592 g/mol. The molecule has 1 fully saturated rings. The summed E-state index contributed by atoms with van der Waals surface area (Å²) < 4.78 is 31.6. The number of halogens is 1. The molecular weight excluding hydrogens is 550 g/mol. The zero-order valence-corrected chi connectivity index (χ0v) is 25.3. The standard InChI is InChI=1S/C30H42ClN3O5S/c1-4-27(30(36)32-24-14-9-6-10-15-24)33(21-19-23-12-7-5-8-13-23)29(35)16-11-20-34(40(3,37)38)25-17-18-28(39-2)26(31)22-25/h5,7-8,12-13,17-18,22,24,27H,4,6,9-11,14-16,19-21H2,1-3H3,(H,32,36). The van der Waals surface area contributed by atoms with E-state index in [2.05, 4.69) is 5.32 Å². The first-order valence-electron chi connectivity index (χ1n) is 14.1. The number of hydrogen-bond acceptors (Lipinski definition) is 5. The number of carbonyl (C=O) groups is 2. The van der Waals surface area contributed by atoms with Crippen LogP contribution in [0.3, 0.4) is 0 Å². The van der Waals surface area contributed by atoms with Crippen molar-refractivity contribution in [1.29, 1.82) is 0 Å². The fourth-order valence-electron chi connectivity index (χ4n) is 5.25. The number of carbonyl (C=O) groups excluding carboxylic acids is 2. The monoisotopic (exact) mass is 591 g/mol. The van der Waals surface area contributed by atoms with Gasteiger partial charge in [-0.3, -0.25) is 13.9 Å². The number of methoxy groups -OCH3 is 1. The Labute approximate surface area is 244 Å². The molecule has 0 aromatic heterocycles. The number of hydrogen-bond donors (Lipinski definition) is 1. The van der Waals surface area contributed by atoms with E-state index in [1.165, 1.54) is 23.9 Å². The molecule has 1 aliphatic rings. The van der Waals surface area contributed by atoms with Crippen molar-refractivity contribution < 1.29 is 22.7 Å². The van der Waals surface area contributed by atoms with Crippen LogP contribution in [0.2, 0.25) is 5.02 Å². The van der Waals surface area contributed by atoms with E-state index < -0.39 is 16.1 Å². The van der Waals surface area contributed by atoms with Gasteiger partial charge in [-0.25, -0.2) is 8.42 Å². The molecule has 2 aromatic carbocycles. The largest absolute Gasteiger partial charge is 0.495 e. The quantitative estimate of drug-likeness (QED) is 0.326. The summed E-state index contributed by atoms with van der Waals surface area (Å²) in [6, 6.07) is 14.2. The Balaban J connectivity index is 1.72. The molecule has 220 valence electrons. The van der Waals surface area contributed by atoms with Crippen LogP contribution in [0.5, 0.6) is 5.75 Å². The lowest BCUT2D eigenvalue weighted by molar-refractivity contribution is -0.141. The highest BCUT2D eigenvalue weighted by atomic mass is 35.5. The molecule has 3 rings (SSSR count). The topological polar surface area (TPSA) is 96.0 Å². The summed E-state index contributed by atoms with van der Waals surface area (Å²) in [5, 5.41) is 3.49. The van der Waals surface area contributed by atoms with Gasteiger partial charge in [0, 0.05) is 25.6 Å². The number of benzene rings is 2. The third-order valence-electron chi connectivity index (χ3n) is 7.40. The van der Waals surface area contributed by atoms with Gasteiger partial charge in [-0.2, -0.15) is 0 Å². The minimum Gasteiger partial charge on any atom is -0.495 e. The minimum absolute atomic E-state index is 0.102. The van der Waals surface area contributed by atoms with Crippen LogP contribution in [0.15, 0.2) is 48.5 Å². The van der Waals surface area contributed by atoms with Gasteiger partial charge >= 0.3 is 0 Å². The third kappa shape index (κ3) is 9.13. The molecule has 1 unspecified atom stereocenters. The van der Waals surface area contributed by atoms with Crippen molar-refractivity contribution in [3.8, 4) is 5.75 Å². The van der Waals surface area contributed by atoms with Crippen molar-refractivity contribution in [3.05, 3.63) is 59.1 Å². The highest BCUT2D eigenvalue weighted by molar-refractivity contribution is 7.92. The van der Waals surface area contributed by atoms with E-state index in [4.69, 9.17) is 16.3 Å². The molecule has 10 heteroatoms. The lowest BCUT2D eigenvalue weighted by Gasteiger charge is -2.33. The van der Waals surface area contributed by atoms with Gasteiger partial charge in [0.15, 0.2) is 0 Å². The van der Waals surface area contributed by atoms with Crippen LogP contribution in [0.4, 0.5) is 5.69 Å².